The van der Waals surface area contributed by atoms with Gasteiger partial charge in [0.1, 0.15) is 0 Å². The Morgan fingerprint density at radius 1 is 0.630 bits per heavy atom. The summed E-state index contributed by atoms with van der Waals surface area (Å²) in [5.74, 6) is -1.99. The molecule has 0 amide bonds. The van der Waals surface area contributed by atoms with E-state index in [9.17, 15) is 4.79 Å². The van der Waals surface area contributed by atoms with Crippen molar-refractivity contribution in [2.24, 2.45) is 0 Å². The van der Waals surface area contributed by atoms with Crippen molar-refractivity contribution < 1.29 is 15.0 Å². The molecule has 0 aliphatic heterocycles. The quantitative estimate of drug-likeness (QED) is 0.120. The van der Waals surface area contributed by atoms with Crippen LogP contribution in [0.2, 0.25) is 0 Å². The highest BCUT2D eigenvalue weighted by molar-refractivity contribution is 5.83. The molecule has 0 aromatic rings. The summed E-state index contributed by atoms with van der Waals surface area (Å²) in [6.45, 7) is 2.27. The zero-order valence-electron chi connectivity index (χ0n) is 17.0. The highest BCUT2D eigenvalue weighted by atomic mass is 16.4. The molecule has 3 heteroatoms. The SMILES string of the molecule is CCCCCCCCCCCCCC=CC=CC=CC=CC=C(O)C(=O)O. The molecule has 0 aliphatic rings. The van der Waals surface area contributed by atoms with Crippen LogP contribution in [0.1, 0.15) is 84.0 Å². The second-order valence-electron chi connectivity index (χ2n) is 6.76. The van der Waals surface area contributed by atoms with Gasteiger partial charge in [-0.15, -0.1) is 0 Å². The molecular weight excluding hydrogens is 336 g/mol. The van der Waals surface area contributed by atoms with E-state index in [4.69, 9.17) is 10.2 Å². The third kappa shape index (κ3) is 20.1. The molecule has 0 atom stereocenters. The number of aliphatic carboxylic acids is 1. The second kappa shape index (κ2) is 20.3. The highest BCUT2D eigenvalue weighted by Crippen LogP contribution is 2.11. The maximum absolute atomic E-state index is 10.3. The number of allylic oxidation sites excluding steroid dienone is 9. The molecule has 27 heavy (non-hydrogen) atoms. The van der Waals surface area contributed by atoms with E-state index < -0.39 is 11.7 Å². The Hall–Kier alpha value is -2.03. The monoisotopic (exact) mass is 374 g/mol. The first-order chi connectivity index (χ1) is 13.2. The largest absolute Gasteiger partial charge is 0.502 e. The summed E-state index contributed by atoms with van der Waals surface area (Å²) < 4.78 is 0. The third-order valence-electron chi connectivity index (χ3n) is 4.25. The molecule has 0 aromatic heterocycles. The number of unbranched alkanes of at least 4 members (excludes halogenated alkanes) is 11. The molecule has 0 aromatic carbocycles. The van der Waals surface area contributed by atoms with Gasteiger partial charge in [0.15, 0.2) is 0 Å². The molecule has 0 bridgehead atoms. The van der Waals surface area contributed by atoms with Crippen molar-refractivity contribution >= 4 is 5.97 Å². The first-order valence-electron chi connectivity index (χ1n) is 10.5. The van der Waals surface area contributed by atoms with Crippen LogP contribution in [0.3, 0.4) is 0 Å². The summed E-state index contributed by atoms with van der Waals surface area (Å²) in [5.41, 5.74) is 0. The minimum absolute atomic E-state index is 0.666. The van der Waals surface area contributed by atoms with Crippen LogP contribution >= 0.6 is 0 Å². The summed E-state index contributed by atoms with van der Waals surface area (Å²) in [4.78, 5) is 10.3. The number of carboxylic acid groups (broad SMARTS) is 1. The van der Waals surface area contributed by atoms with E-state index in [1.165, 1.54) is 76.7 Å². The van der Waals surface area contributed by atoms with Crippen LogP contribution in [0.25, 0.3) is 0 Å². The van der Waals surface area contributed by atoms with Gasteiger partial charge in [-0.25, -0.2) is 4.79 Å². The van der Waals surface area contributed by atoms with Gasteiger partial charge < -0.3 is 10.2 Å². The van der Waals surface area contributed by atoms with Crippen LogP contribution in [-0.4, -0.2) is 16.2 Å². The Morgan fingerprint density at radius 3 is 1.59 bits per heavy atom. The van der Waals surface area contributed by atoms with Crippen molar-refractivity contribution in [3.63, 3.8) is 0 Å². The van der Waals surface area contributed by atoms with Crippen LogP contribution in [0, 0.1) is 0 Å². The number of carbonyl (C=O) groups is 1. The molecule has 0 unspecified atom stereocenters. The second-order valence-corrected chi connectivity index (χ2v) is 6.76. The first kappa shape index (κ1) is 25.0. The smallest absolute Gasteiger partial charge is 0.370 e. The van der Waals surface area contributed by atoms with Crippen LogP contribution in [0.15, 0.2) is 60.4 Å². The topological polar surface area (TPSA) is 57.5 Å². The number of rotatable bonds is 17. The summed E-state index contributed by atoms with van der Waals surface area (Å²) in [6.07, 6.45) is 32.3. The molecule has 3 nitrogen and oxygen atoms in total. The zero-order valence-corrected chi connectivity index (χ0v) is 17.0. The summed E-state index contributed by atoms with van der Waals surface area (Å²) >= 11 is 0. The highest BCUT2D eigenvalue weighted by Gasteiger charge is 1.99. The lowest BCUT2D eigenvalue weighted by atomic mass is 10.1. The minimum atomic E-state index is -1.33. The Bertz CT molecular complexity index is 496. The van der Waals surface area contributed by atoms with Gasteiger partial charge in [0.05, 0.1) is 0 Å². The van der Waals surface area contributed by atoms with E-state index in [-0.39, 0.29) is 0 Å². The van der Waals surface area contributed by atoms with Gasteiger partial charge in [0, 0.05) is 0 Å². The summed E-state index contributed by atoms with van der Waals surface area (Å²) in [6, 6.07) is 0. The molecule has 0 fully saturated rings. The molecular formula is C24H38O3. The van der Waals surface area contributed by atoms with E-state index in [1.807, 2.05) is 18.2 Å². The maximum Gasteiger partial charge on any atom is 0.370 e. The van der Waals surface area contributed by atoms with Crippen molar-refractivity contribution in [3.8, 4) is 0 Å². The fourth-order valence-corrected chi connectivity index (χ4v) is 2.64. The number of hydrogen-bond donors (Lipinski definition) is 2. The molecule has 0 radical (unpaired) electrons. The number of carboxylic acids is 1. The zero-order chi connectivity index (χ0) is 20.0. The Balaban J connectivity index is 3.48. The van der Waals surface area contributed by atoms with Crippen molar-refractivity contribution in [3.05, 3.63) is 60.4 Å². The first-order valence-corrected chi connectivity index (χ1v) is 10.5. The molecule has 2 N–H and O–H groups in total. The van der Waals surface area contributed by atoms with Crippen molar-refractivity contribution in [1.82, 2.24) is 0 Å². The van der Waals surface area contributed by atoms with Gasteiger partial charge >= 0.3 is 5.97 Å². The van der Waals surface area contributed by atoms with Gasteiger partial charge in [-0.2, -0.15) is 0 Å². The van der Waals surface area contributed by atoms with E-state index in [0.29, 0.717) is 0 Å². The van der Waals surface area contributed by atoms with Crippen molar-refractivity contribution in [2.45, 2.75) is 84.0 Å². The average Bonchev–Trinajstić information content (AvgIpc) is 2.66. The van der Waals surface area contributed by atoms with Crippen LogP contribution in [0.5, 0.6) is 0 Å². The van der Waals surface area contributed by atoms with E-state index in [1.54, 1.807) is 12.2 Å². The van der Waals surface area contributed by atoms with Crippen LogP contribution < -0.4 is 0 Å². The lowest BCUT2D eigenvalue weighted by molar-refractivity contribution is -0.135. The van der Waals surface area contributed by atoms with Gasteiger partial charge in [0.2, 0.25) is 5.76 Å². The molecule has 0 saturated carbocycles. The minimum Gasteiger partial charge on any atom is -0.502 e. The molecule has 0 rings (SSSR count). The van der Waals surface area contributed by atoms with Crippen LogP contribution in [0.4, 0.5) is 0 Å². The van der Waals surface area contributed by atoms with Gasteiger partial charge in [-0.1, -0.05) is 120 Å². The number of aliphatic hydroxyl groups is 1. The molecule has 0 saturated heterocycles. The Kier molecular flexibility index (Phi) is 18.8. The van der Waals surface area contributed by atoms with Gasteiger partial charge in [0.25, 0.3) is 0 Å². The third-order valence-corrected chi connectivity index (χ3v) is 4.25. The predicted octanol–water partition coefficient (Wildman–Crippen LogP) is 7.44. The average molecular weight is 375 g/mol. The summed E-state index contributed by atoms with van der Waals surface area (Å²) in [5, 5.41) is 17.4. The lowest BCUT2D eigenvalue weighted by Gasteiger charge is -2.01. The summed E-state index contributed by atoms with van der Waals surface area (Å²) in [7, 11) is 0. The predicted molar refractivity (Wildman–Crippen MR) is 116 cm³/mol. The number of hydrogen-bond acceptors (Lipinski definition) is 2. The normalized spacial score (nSPS) is 13.0. The van der Waals surface area contributed by atoms with Gasteiger partial charge in [-0.3, -0.25) is 0 Å². The lowest BCUT2D eigenvalue weighted by Crippen LogP contribution is -1.97. The maximum atomic E-state index is 10.3. The number of aliphatic hydroxyl groups excluding tert-OH is 1. The molecule has 0 spiro atoms. The van der Waals surface area contributed by atoms with Crippen LogP contribution in [-0.2, 0) is 4.79 Å². The fraction of sp³-hybridized carbons (Fsp3) is 0.542. The molecule has 152 valence electrons. The molecule has 0 heterocycles. The van der Waals surface area contributed by atoms with Crippen molar-refractivity contribution in [2.75, 3.05) is 0 Å². The standard InChI is InChI=1S/C24H38O3/c1-2-3-4-5-6-7-8-9-10-11-12-13-14-15-16-17-18-19-20-21-22-23(25)24(26)27/h14-22,25H,2-13H2,1H3,(H,26,27). The van der Waals surface area contributed by atoms with Crippen molar-refractivity contribution in [1.29, 1.82) is 0 Å². The molecule has 0 aliphatic carbocycles. The fourth-order valence-electron chi connectivity index (χ4n) is 2.64. The van der Waals surface area contributed by atoms with E-state index in [0.717, 1.165) is 12.5 Å². The van der Waals surface area contributed by atoms with E-state index in [2.05, 4.69) is 19.1 Å². The Morgan fingerprint density at radius 2 is 1.07 bits per heavy atom. The Labute approximate surface area is 165 Å². The van der Waals surface area contributed by atoms with Gasteiger partial charge in [-0.05, 0) is 18.9 Å². The van der Waals surface area contributed by atoms with E-state index >= 15 is 0 Å².